The van der Waals surface area contributed by atoms with Crippen LogP contribution in [0.3, 0.4) is 0 Å². The van der Waals surface area contributed by atoms with Gasteiger partial charge in [-0.25, -0.2) is 0 Å². The van der Waals surface area contributed by atoms with E-state index >= 15 is 0 Å². The van der Waals surface area contributed by atoms with Crippen LogP contribution in [0.15, 0.2) is 30.3 Å². The molecule has 2 N–H and O–H groups in total. The lowest BCUT2D eigenvalue weighted by Gasteiger charge is -2.28. The molecule has 0 aromatic heterocycles. The highest BCUT2D eigenvalue weighted by molar-refractivity contribution is 5.87. The van der Waals surface area contributed by atoms with Crippen molar-refractivity contribution in [2.45, 2.75) is 19.3 Å². The summed E-state index contributed by atoms with van der Waals surface area (Å²) in [7, 11) is 0. The number of hydrogen-bond donors (Lipinski definition) is 2. The van der Waals surface area contributed by atoms with E-state index in [0.29, 0.717) is 0 Å². The lowest BCUT2D eigenvalue weighted by Crippen LogP contribution is -2.48. The standard InChI is InChI=1S/C16H25N3O.ClH/c1-16(2,14-6-4-3-5-7-14)15(20)18-10-13-19-11-8-17-9-12-19;/h3-7,17H,8-13H2,1-2H3,(H,18,20);1H. The van der Waals surface area contributed by atoms with E-state index in [-0.39, 0.29) is 18.3 Å². The molecule has 118 valence electrons. The van der Waals surface area contributed by atoms with Crippen molar-refractivity contribution in [1.29, 1.82) is 0 Å². The van der Waals surface area contributed by atoms with Crippen LogP contribution in [0.5, 0.6) is 0 Å². The number of hydrogen-bond acceptors (Lipinski definition) is 3. The molecule has 21 heavy (non-hydrogen) atoms. The van der Waals surface area contributed by atoms with Crippen LogP contribution in [0.2, 0.25) is 0 Å². The van der Waals surface area contributed by atoms with Crippen molar-refractivity contribution in [1.82, 2.24) is 15.5 Å². The summed E-state index contributed by atoms with van der Waals surface area (Å²) in [6.07, 6.45) is 0. The summed E-state index contributed by atoms with van der Waals surface area (Å²) in [5.74, 6) is 0.0961. The molecule has 0 bridgehead atoms. The van der Waals surface area contributed by atoms with Crippen molar-refractivity contribution in [3.8, 4) is 0 Å². The molecule has 0 saturated carbocycles. The van der Waals surface area contributed by atoms with Crippen LogP contribution in [0, 0.1) is 0 Å². The summed E-state index contributed by atoms with van der Waals surface area (Å²) < 4.78 is 0. The maximum absolute atomic E-state index is 12.4. The van der Waals surface area contributed by atoms with Gasteiger partial charge >= 0.3 is 0 Å². The van der Waals surface area contributed by atoms with Crippen LogP contribution >= 0.6 is 12.4 Å². The van der Waals surface area contributed by atoms with Gasteiger partial charge in [-0.15, -0.1) is 12.4 Å². The number of nitrogens with one attached hydrogen (secondary N) is 2. The number of amides is 1. The normalized spacial score (nSPS) is 16.1. The minimum Gasteiger partial charge on any atom is -0.354 e. The van der Waals surface area contributed by atoms with Gasteiger partial charge < -0.3 is 10.6 Å². The largest absolute Gasteiger partial charge is 0.354 e. The van der Waals surface area contributed by atoms with Gasteiger partial charge in [-0.3, -0.25) is 9.69 Å². The Kier molecular flexibility index (Phi) is 7.15. The number of nitrogens with zero attached hydrogens (tertiary/aromatic N) is 1. The van der Waals surface area contributed by atoms with Gasteiger partial charge in [0.15, 0.2) is 0 Å². The van der Waals surface area contributed by atoms with Crippen LogP contribution in [-0.2, 0) is 10.2 Å². The second-order valence-electron chi connectivity index (χ2n) is 5.84. The Hall–Kier alpha value is -1.10. The molecular weight excluding hydrogens is 286 g/mol. The van der Waals surface area contributed by atoms with Crippen molar-refractivity contribution < 1.29 is 4.79 Å². The molecule has 1 amide bonds. The molecule has 1 aromatic carbocycles. The molecule has 4 nitrogen and oxygen atoms in total. The number of piperazine rings is 1. The fourth-order valence-electron chi connectivity index (χ4n) is 2.47. The highest BCUT2D eigenvalue weighted by Crippen LogP contribution is 2.22. The average Bonchev–Trinajstić information content (AvgIpc) is 2.49. The van der Waals surface area contributed by atoms with E-state index in [1.165, 1.54) is 0 Å². The number of carbonyl (C=O) groups is 1. The van der Waals surface area contributed by atoms with E-state index in [1.54, 1.807) is 0 Å². The third-order valence-electron chi connectivity index (χ3n) is 3.99. The second-order valence-corrected chi connectivity index (χ2v) is 5.84. The van der Waals surface area contributed by atoms with E-state index in [0.717, 1.165) is 44.8 Å². The Morgan fingerprint density at radius 2 is 1.86 bits per heavy atom. The minimum absolute atomic E-state index is 0. The zero-order chi connectivity index (χ0) is 14.4. The predicted octanol–water partition coefficient (Wildman–Crippen LogP) is 1.41. The highest BCUT2D eigenvalue weighted by Gasteiger charge is 2.29. The van der Waals surface area contributed by atoms with Gasteiger partial charge in [0, 0.05) is 39.3 Å². The van der Waals surface area contributed by atoms with Crippen molar-refractivity contribution in [2.75, 3.05) is 39.3 Å². The summed E-state index contributed by atoms with van der Waals surface area (Å²) in [4.78, 5) is 14.7. The van der Waals surface area contributed by atoms with Gasteiger partial charge in [-0.2, -0.15) is 0 Å². The topological polar surface area (TPSA) is 44.4 Å². The number of benzene rings is 1. The lowest BCUT2D eigenvalue weighted by atomic mass is 9.84. The van der Waals surface area contributed by atoms with Crippen molar-refractivity contribution in [2.24, 2.45) is 0 Å². The van der Waals surface area contributed by atoms with Crippen molar-refractivity contribution >= 4 is 18.3 Å². The predicted molar refractivity (Wildman–Crippen MR) is 89.0 cm³/mol. The summed E-state index contributed by atoms with van der Waals surface area (Å²) in [5.41, 5.74) is 0.574. The highest BCUT2D eigenvalue weighted by atomic mass is 35.5. The molecule has 2 rings (SSSR count). The van der Waals surface area contributed by atoms with Crippen LogP contribution in [-0.4, -0.2) is 50.1 Å². The molecule has 1 aliphatic rings. The summed E-state index contributed by atoms with van der Waals surface area (Å²) >= 11 is 0. The van der Waals surface area contributed by atoms with Crippen LogP contribution < -0.4 is 10.6 Å². The van der Waals surface area contributed by atoms with E-state index in [4.69, 9.17) is 0 Å². The van der Waals surface area contributed by atoms with Crippen molar-refractivity contribution in [3.05, 3.63) is 35.9 Å². The van der Waals surface area contributed by atoms with E-state index < -0.39 is 5.41 Å². The lowest BCUT2D eigenvalue weighted by molar-refractivity contribution is -0.125. The Morgan fingerprint density at radius 1 is 1.24 bits per heavy atom. The third-order valence-corrected chi connectivity index (χ3v) is 3.99. The third kappa shape index (κ3) is 4.99. The molecule has 0 radical (unpaired) electrons. The van der Waals surface area contributed by atoms with Crippen LogP contribution in [0.1, 0.15) is 19.4 Å². The van der Waals surface area contributed by atoms with Gasteiger partial charge in [-0.1, -0.05) is 30.3 Å². The molecule has 0 unspecified atom stereocenters. The fraction of sp³-hybridized carbons (Fsp3) is 0.562. The van der Waals surface area contributed by atoms with E-state index in [9.17, 15) is 4.79 Å². The Labute approximate surface area is 133 Å². The molecule has 5 heteroatoms. The fourth-order valence-corrected chi connectivity index (χ4v) is 2.47. The molecule has 1 fully saturated rings. The Morgan fingerprint density at radius 3 is 2.48 bits per heavy atom. The molecular formula is C16H26ClN3O. The SMILES string of the molecule is CC(C)(C(=O)NCCN1CCNCC1)c1ccccc1.Cl. The Balaban J connectivity index is 0.00000220. The second kappa shape index (κ2) is 8.37. The van der Waals surface area contributed by atoms with Gasteiger partial charge in [0.25, 0.3) is 0 Å². The smallest absolute Gasteiger partial charge is 0.230 e. The number of carbonyl (C=O) groups excluding carboxylic acids is 1. The first-order valence-corrected chi connectivity index (χ1v) is 7.37. The maximum Gasteiger partial charge on any atom is 0.230 e. The average molecular weight is 312 g/mol. The molecule has 1 heterocycles. The molecule has 1 saturated heterocycles. The molecule has 1 aromatic rings. The molecule has 0 spiro atoms. The first-order chi connectivity index (χ1) is 9.60. The summed E-state index contributed by atoms with van der Waals surface area (Å²) in [6, 6.07) is 9.95. The number of rotatable bonds is 5. The van der Waals surface area contributed by atoms with Crippen LogP contribution in [0.4, 0.5) is 0 Å². The summed E-state index contributed by atoms with van der Waals surface area (Å²) in [6.45, 7) is 9.82. The molecule has 0 atom stereocenters. The molecule has 1 aliphatic heterocycles. The monoisotopic (exact) mass is 311 g/mol. The van der Waals surface area contributed by atoms with Crippen LogP contribution in [0.25, 0.3) is 0 Å². The van der Waals surface area contributed by atoms with E-state index in [2.05, 4.69) is 15.5 Å². The zero-order valence-electron chi connectivity index (χ0n) is 12.9. The van der Waals surface area contributed by atoms with Gasteiger partial charge in [0.2, 0.25) is 5.91 Å². The zero-order valence-corrected chi connectivity index (χ0v) is 13.7. The molecule has 0 aliphatic carbocycles. The first kappa shape index (κ1) is 18.0. The first-order valence-electron chi connectivity index (χ1n) is 7.37. The van der Waals surface area contributed by atoms with Gasteiger partial charge in [-0.05, 0) is 19.4 Å². The number of halogens is 1. The maximum atomic E-state index is 12.4. The van der Waals surface area contributed by atoms with Crippen molar-refractivity contribution in [3.63, 3.8) is 0 Å². The van der Waals surface area contributed by atoms with Gasteiger partial charge in [0.05, 0.1) is 5.41 Å². The quantitative estimate of drug-likeness (QED) is 0.864. The van der Waals surface area contributed by atoms with Gasteiger partial charge in [0.1, 0.15) is 0 Å². The minimum atomic E-state index is -0.481. The summed E-state index contributed by atoms with van der Waals surface area (Å²) in [5, 5.41) is 6.40. The van der Waals surface area contributed by atoms with E-state index in [1.807, 2.05) is 44.2 Å². The Bertz CT molecular complexity index is 430.